The average molecular weight is 435 g/mol. The molecule has 2 aliphatic heterocycles. The van der Waals surface area contributed by atoms with Crippen LogP contribution in [0, 0.1) is 5.92 Å². The number of piperidine rings is 2. The summed E-state index contributed by atoms with van der Waals surface area (Å²) in [5.41, 5.74) is 0.371. The van der Waals surface area contributed by atoms with E-state index in [1.54, 1.807) is 29.2 Å². The van der Waals surface area contributed by atoms with Crippen molar-refractivity contribution in [3.8, 4) is 0 Å². The summed E-state index contributed by atoms with van der Waals surface area (Å²) < 4.78 is 0. The van der Waals surface area contributed by atoms with Crippen molar-refractivity contribution in [2.24, 2.45) is 5.92 Å². The number of amides is 4. The van der Waals surface area contributed by atoms with Crippen LogP contribution >= 0.6 is 11.6 Å². The molecule has 0 saturated carbocycles. The average Bonchev–Trinajstić information content (AvgIpc) is 2.78. The predicted octanol–water partition coefficient (Wildman–Crippen LogP) is 2.89. The molecule has 0 radical (unpaired) electrons. The van der Waals surface area contributed by atoms with Crippen molar-refractivity contribution in [1.29, 1.82) is 0 Å². The molecule has 0 spiro atoms. The Bertz CT molecular complexity index is 759. The van der Waals surface area contributed by atoms with Crippen LogP contribution in [0.1, 0.15) is 49.4 Å². The summed E-state index contributed by atoms with van der Waals surface area (Å²) in [5.74, 6) is -0.370. The zero-order valence-electron chi connectivity index (χ0n) is 17.5. The van der Waals surface area contributed by atoms with Gasteiger partial charge in [-0.2, -0.15) is 0 Å². The van der Waals surface area contributed by atoms with Crippen LogP contribution in [-0.4, -0.2) is 66.4 Å². The number of carbonyl (C=O) groups excluding carboxylic acids is 3. The van der Waals surface area contributed by atoms with E-state index in [9.17, 15) is 14.4 Å². The van der Waals surface area contributed by atoms with Crippen molar-refractivity contribution < 1.29 is 14.4 Å². The van der Waals surface area contributed by atoms with E-state index >= 15 is 0 Å². The Morgan fingerprint density at radius 2 is 1.70 bits per heavy atom. The molecule has 2 heterocycles. The smallest absolute Gasteiger partial charge is 0.317 e. The summed E-state index contributed by atoms with van der Waals surface area (Å²) in [4.78, 5) is 42.0. The van der Waals surface area contributed by atoms with Crippen LogP contribution < -0.4 is 10.6 Å². The van der Waals surface area contributed by atoms with Crippen LogP contribution in [0.25, 0.3) is 0 Å². The fourth-order valence-electron chi connectivity index (χ4n) is 4.26. The van der Waals surface area contributed by atoms with Crippen LogP contribution in [-0.2, 0) is 4.79 Å². The Morgan fingerprint density at radius 3 is 2.33 bits per heavy atom. The maximum atomic E-state index is 13.4. The van der Waals surface area contributed by atoms with Crippen molar-refractivity contribution in [3.05, 3.63) is 34.9 Å². The number of hydrogen-bond donors (Lipinski definition) is 2. The SMILES string of the molecule is CCNC(=O)N1CCC(C(NC(=O)c2ccccc2Cl)C(=O)N2CCCCC2)CC1. The maximum absolute atomic E-state index is 13.4. The molecule has 7 nitrogen and oxygen atoms in total. The quantitative estimate of drug-likeness (QED) is 0.747. The fourth-order valence-corrected chi connectivity index (χ4v) is 4.48. The van der Waals surface area contributed by atoms with Gasteiger partial charge in [0.25, 0.3) is 5.91 Å². The molecule has 0 bridgehead atoms. The molecule has 1 aromatic carbocycles. The highest BCUT2D eigenvalue weighted by Crippen LogP contribution is 2.24. The zero-order valence-corrected chi connectivity index (χ0v) is 18.3. The molecule has 1 aromatic rings. The lowest BCUT2D eigenvalue weighted by Gasteiger charge is -2.38. The van der Waals surface area contributed by atoms with E-state index in [0.717, 1.165) is 32.4 Å². The van der Waals surface area contributed by atoms with E-state index in [1.165, 1.54) is 0 Å². The van der Waals surface area contributed by atoms with Gasteiger partial charge in [-0.15, -0.1) is 0 Å². The summed E-state index contributed by atoms with van der Waals surface area (Å²) in [6.07, 6.45) is 4.46. The Labute approximate surface area is 183 Å². The van der Waals surface area contributed by atoms with Gasteiger partial charge >= 0.3 is 6.03 Å². The number of urea groups is 1. The number of rotatable bonds is 5. The normalized spacial score (nSPS) is 18.6. The zero-order chi connectivity index (χ0) is 21.5. The highest BCUT2D eigenvalue weighted by atomic mass is 35.5. The lowest BCUT2D eigenvalue weighted by atomic mass is 9.88. The molecular formula is C22H31ClN4O3. The molecule has 2 aliphatic rings. The number of nitrogens with one attached hydrogen (secondary N) is 2. The molecule has 8 heteroatoms. The topological polar surface area (TPSA) is 81.8 Å². The number of likely N-dealkylation sites (tertiary alicyclic amines) is 2. The molecule has 2 saturated heterocycles. The van der Waals surface area contributed by atoms with Gasteiger partial charge in [0.1, 0.15) is 6.04 Å². The second kappa shape index (κ2) is 10.7. The Hall–Kier alpha value is -2.28. The number of carbonyl (C=O) groups is 3. The van der Waals surface area contributed by atoms with Crippen molar-refractivity contribution >= 4 is 29.4 Å². The van der Waals surface area contributed by atoms with Gasteiger partial charge in [0.2, 0.25) is 5.91 Å². The second-order valence-corrected chi connectivity index (χ2v) is 8.38. The second-order valence-electron chi connectivity index (χ2n) is 7.98. The van der Waals surface area contributed by atoms with Gasteiger partial charge in [0.05, 0.1) is 10.6 Å². The largest absolute Gasteiger partial charge is 0.341 e. The van der Waals surface area contributed by atoms with E-state index in [4.69, 9.17) is 11.6 Å². The molecule has 0 aliphatic carbocycles. The first-order chi connectivity index (χ1) is 14.5. The molecule has 0 aromatic heterocycles. The third kappa shape index (κ3) is 5.45. The van der Waals surface area contributed by atoms with Crippen LogP contribution in [0.4, 0.5) is 4.79 Å². The van der Waals surface area contributed by atoms with Crippen LogP contribution in [0.3, 0.4) is 0 Å². The molecule has 1 atom stereocenters. The Balaban J connectivity index is 1.73. The predicted molar refractivity (Wildman–Crippen MR) is 117 cm³/mol. The molecule has 3 rings (SSSR count). The van der Waals surface area contributed by atoms with Crippen molar-refractivity contribution in [1.82, 2.24) is 20.4 Å². The minimum atomic E-state index is -0.608. The highest BCUT2D eigenvalue weighted by molar-refractivity contribution is 6.33. The third-order valence-corrected chi connectivity index (χ3v) is 6.29. The van der Waals surface area contributed by atoms with Gasteiger partial charge in [-0.05, 0) is 57.1 Å². The van der Waals surface area contributed by atoms with Crippen LogP contribution in [0.2, 0.25) is 5.02 Å². The van der Waals surface area contributed by atoms with Crippen LogP contribution in [0.15, 0.2) is 24.3 Å². The molecular weight excluding hydrogens is 404 g/mol. The lowest BCUT2D eigenvalue weighted by molar-refractivity contribution is -0.136. The van der Waals surface area contributed by atoms with E-state index in [2.05, 4.69) is 10.6 Å². The molecule has 164 valence electrons. The van der Waals surface area contributed by atoms with Gasteiger partial charge in [0.15, 0.2) is 0 Å². The van der Waals surface area contributed by atoms with Gasteiger partial charge in [-0.3, -0.25) is 9.59 Å². The number of hydrogen-bond acceptors (Lipinski definition) is 3. The van der Waals surface area contributed by atoms with Crippen LogP contribution in [0.5, 0.6) is 0 Å². The van der Waals surface area contributed by atoms with Crippen molar-refractivity contribution in [2.45, 2.75) is 45.1 Å². The Morgan fingerprint density at radius 1 is 1.03 bits per heavy atom. The van der Waals surface area contributed by atoms with Gasteiger partial charge in [0, 0.05) is 32.7 Å². The standard InChI is InChI=1S/C22H31ClN4O3/c1-2-24-22(30)27-14-10-16(11-15-27)19(21(29)26-12-6-3-7-13-26)25-20(28)17-8-4-5-9-18(17)23/h4-5,8-9,16,19H,2-3,6-7,10-15H2,1H3,(H,24,30)(H,25,28). The first kappa shape index (κ1) is 22.4. The van der Waals surface area contributed by atoms with Crippen molar-refractivity contribution in [3.63, 3.8) is 0 Å². The highest BCUT2D eigenvalue weighted by Gasteiger charge is 2.36. The first-order valence-corrected chi connectivity index (χ1v) is 11.3. The van der Waals surface area contributed by atoms with E-state index in [-0.39, 0.29) is 23.8 Å². The van der Waals surface area contributed by atoms with E-state index in [0.29, 0.717) is 43.1 Å². The first-order valence-electron chi connectivity index (χ1n) is 10.9. The number of benzene rings is 1. The van der Waals surface area contributed by atoms with Gasteiger partial charge in [-0.1, -0.05) is 23.7 Å². The maximum Gasteiger partial charge on any atom is 0.317 e. The summed E-state index contributed by atoms with van der Waals surface area (Å²) in [6, 6.07) is 6.18. The van der Waals surface area contributed by atoms with Gasteiger partial charge < -0.3 is 20.4 Å². The van der Waals surface area contributed by atoms with E-state index < -0.39 is 6.04 Å². The summed E-state index contributed by atoms with van der Waals surface area (Å²) in [5, 5.41) is 6.16. The Kier molecular flexibility index (Phi) is 7.96. The van der Waals surface area contributed by atoms with Gasteiger partial charge in [-0.25, -0.2) is 4.79 Å². The molecule has 4 amide bonds. The van der Waals surface area contributed by atoms with Crippen molar-refractivity contribution in [2.75, 3.05) is 32.7 Å². The molecule has 1 unspecified atom stereocenters. The summed E-state index contributed by atoms with van der Waals surface area (Å²) in [7, 11) is 0. The summed E-state index contributed by atoms with van der Waals surface area (Å²) in [6.45, 7) is 5.08. The minimum absolute atomic E-state index is 0.0171. The third-order valence-electron chi connectivity index (χ3n) is 5.97. The molecule has 2 fully saturated rings. The lowest BCUT2D eigenvalue weighted by Crippen LogP contribution is -2.56. The van der Waals surface area contributed by atoms with E-state index in [1.807, 2.05) is 11.8 Å². The molecule has 2 N–H and O–H groups in total. The summed E-state index contributed by atoms with van der Waals surface area (Å²) >= 11 is 6.19. The number of nitrogens with zero attached hydrogens (tertiary/aromatic N) is 2. The molecule has 30 heavy (non-hydrogen) atoms. The number of halogens is 1. The monoisotopic (exact) mass is 434 g/mol. The fraction of sp³-hybridized carbons (Fsp3) is 0.591. The minimum Gasteiger partial charge on any atom is -0.341 e.